The largest absolute Gasteiger partial charge is 0.379 e. The molecule has 2 heterocycles. The monoisotopic (exact) mass is 266 g/mol. The smallest absolute Gasteiger partial charge is 0.0641 e. The van der Waals surface area contributed by atoms with E-state index in [4.69, 9.17) is 4.74 Å². The van der Waals surface area contributed by atoms with Crippen molar-refractivity contribution in [1.82, 2.24) is 20.0 Å². The van der Waals surface area contributed by atoms with E-state index < -0.39 is 0 Å². The minimum atomic E-state index is 0.864. The molecule has 0 amide bonds. The van der Waals surface area contributed by atoms with Gasteiger partial charge in [-0.1, -0.05) is 6.92 Å². The number of rotatable bonds is 6. The van der Waals surface area contributed by atoms with Gasteiger partial charge in [-0.25, -0.2) is 0 Å². The lowest BCUT2D eigenvalue weighted by Crippen LogP contribution is -2.38. The van der Waals surface area contributed by atoms with Gasteiger partial charge in [0.15, 0.2) is 0 Å². The Morgan fingerprint density at radius 3 is 2.63 bits per heavy atom. The average Bonchev–Trinajstić information content (AvgIpc) is 2.70. The third-order valence-corrected chi connectivity index (χ3v) is 3.81. The van der Waals surface area contributed by atoms with Crippen LogP contribution in [-0.4, -0.2) is 54.1 Å². The Balaban J connectivity index is 1.92. The number of hydrogen-bond acceptors (Lipinski definition) is 4. The first-order valence-corrected chi connectivity index (χ1v) is 7.26. The molecule has 1 aliphatic rings. The number of aryl methyl sites for hydroxylation is 1. The average molecular weight is 266 g/mol. The fourth-order valence-corrected chi connectivity index (χ4v) is 2.52. The van der Waals surface area contributed by atoms with E-state index in [0.717, 1.165) is 58.2 Å². The fraction of sp³-hybridized carbons (Fsp3) is 0.786. The molecule has 1 N–H and O–H groups in total. The van der Waals surface area contributed by atoms with E-state index >= 15 is 0 Å². The van der Waals surface area contributed by atoms with E-state index in [1.54, 1.807) is 0 Å². The number of hydrogen-bond donors (Lipinski definition) is 1. The Morgan fingerprint density at radius 2 is 1.95 bits per heavy atom. The molecule has 0 saturated carbocycles. The molecule has 0 atom stereocenters. The Kier molecular flexibility index (Phi) is 5.36. The molecule has 0 radical (unpaired) electrons. The predicted octanol–water partition coefficient (Wildman–Crippen LogP) is 0.942. The zero-order valence-electron chi connectivity index (χ0n) is 12.4. The van der Waals surface area contributed by atoms with Gasteiger partial charge in [0.05, 0.1) is 25.5 Å². The number of nitrogens with one attached hydrogen (secondary N) is 1. The summed E-state index contributed by atoms with van der Waals surface area (Å²) in [6.45, 7) is 14.2. The lowest BCUT2D eigenvalue weighted by atomic mass is 10.2. The molecule has 0 unspecified atom stereocenters. The predicted molar refractivity (Wildman–Crippen MR) is 76.3 cm³/mol. The SMILES string of the molecule is CCNCc1c(C)nn(CCN2CCOCC2)c1C. The second-order valence-corrected chi connectivity index (χ2v) is 5.11. The minimum absolute atomic E-state index is 0.864. The van der Waals surface area contributed by atoms with E-state index in [-0.39, 0.29) is 0 Å². The van der Waals surface area contributed by atoms with Crippen LogP contribution in [0.1, 0.15) is 23.9 Å². The third-order valence-electron chi connectivity index (χ3n) is 3.81. The van der Waals surface area contributed by atoms with E-state index in [1.807, 2.05) is 0 Å². The van der Waals surface area contributed by atoms with Crippen molar-refractivity contribution in [3.8, 4) is 0 Å². The van der Waals surface area contributed by atoms with Crippen LogP contribution in [-0.2, 0) is 17.8 Å². The Labute approximate surface area is 115 Å². The number of aromatic nitrogens is 2. The zero-order chi connectivity index (χ0) is 13.7. The third kappa shape index (κ3) is 3.78. The van der Waals surface area contributed by atoms with Crippen LogP contribution in [0.25, 0.3) is 0 Å². The number of nitrogens with zero attached hydrogens (tertiary/aromatic N) is 3. The molecular formula is C14H26N4O. The molecule has 1 fully saturated rings. The summed E-state index contributed by atoms with van der Waals surface area (Å²) in [5.74, 6) is 0. The maximum atomic E-state index is 5.37. The number of morpholine rings is 1. The Bertz CT molecular complexity index is 396. The van der Waals surface area contributed by atoms with Crippen LogP contribution in [0.15, 0.2) is 0 Å². The van der Waals surface area contributed by atoms with Crippen LogP contribution >= 0.6 is 0 Å². The molecule has 0 aliphatic carbocycles. The summed E-state index contributed by atoms with van der Waals surface area (Å²) in [7, 11) is 0. The molecule has 108 valence electrons. The second-order valence-electron chi connectivity index (χ2n) is 5.11. The second kappa shape index (κ2) is 7.03. The van der Waals surface area contributed by atoms with Crippen molar-refractivity contribution in [1.29, 1.82) is 0 Å². The highest BCUT2D eigenvalue weighted by Crippen LogP contribution is 2.13. The van der Waals surface area contributed by atoms with Crippen LogP contribution in [0.4, 0.5) is 0 Å². The number of ether oxygens (including phenoxy) is 1. The van der Waals surface area contributed by atoms with E-state index in [9.17, 15) is 0 Å². The maximum absolute atomic E-state index is 5.37. The van der Waals surface area contributed by atoms with E-state index in [2.05, 4.69) is 40.8 Å². The van der Waals surface area contributed by atoms with Crippen molar-refractivity contribution in [2.45, 2.75) is 33.9 Å². The van der Waals surface area contributed by atoms with Crippen molar-refractivity contribution >= 4 is 0 Å². The molecule has 5 nitrogen and oxygen atoms in total. The normalized spacial score (nSPS) is 17.0. The molecule has 1 aromatic heterocycles. The summed E-state index contributed by atoms with van der Waals surface area (Å²) < 4.78 is 7.52. The summed E-state index contributed by atoms with van der Waals surface area (Å²) in [6, 6.07) is 0. The van der Waals surface area contributed by atoms with Crippen molar-refractivity contribution < 1.29 is 4.74 Å². The lowest BCUT2D eigenvalue weighted by Gasteiger charge is -2.26. The fourth-order valence-electron chi connectivity index (χ4n) is 2.52. The van der Waals surface area contributed by atoms with Gasteiger partial charge < -0.3 is 10.1 Å². The van der Waals surface area contributed by atoms with Gasteiger partial charge in [-0.15, -0.1) is 0 Å². The van der Waals surface area contributed by atoms with E-state index in [0.29, 0.717) is 0 Å². The van der Waals surface area contributed by atoms with Crippen molar-refractivity contribution in [3.05, 3.63) is 17.0 Å². The van der Waals surface area contributed by atoms with Gasteiger partial charge in [-0.2, -0.15) is 5.10 Å². The molecule has 0 spiro atoms. The molecule has 2 rings (SSSR count). The highest BCUT2D eigenvalue weighted by atomic mass is 16.5. The molecule has 1 saturated heterocycles. The van der Waals surface area contributed by atoms with E-state index in [1.165, 1.54) is 11.3 Å². The topological polar surface area (TPSA) is 42.3 Å². The molecule has 0 bridgehead atoms. The summed E-state index contributed by atoms with van der Waals surface area (Å²) in [4.78, 5) is 2.45. The maximum Gasteiger partial charge on any atom is 0.0641 e. The van der Waals surface area contributed by atoms with Gasteiger partial charge in [0.2, 0.25) is 0 Å². The van der Waals surface area contributed by atoms with Crippen molar-refractivity contribution in [3.63, 3.8) is 0 Å². The van der Waals surface area contributed by atoms with Gasteiger partial charge in [-0.05, 0) is 20.4 Å². The van der Waals surface area contributed by atoms with Gasteiger partial charge in [0.1, 0.15) is 0 Å². The molecule has 1 aromatic rings. The van der Waals surface area contributed by atoms with Gasteiger partial charge >= 0.3 is 0 Å². The lowest BCUT2D eigenvalue weighted by molar-refractivity contribution is 0.0359. The summed E-state index contributed by atoms with van der Waals surface area (Å²) in [5, 5.41) is 8.05. The Hall–Kier alpha value is -0.910. The van der Waals surface area contributed by atoms with Crippen LogP contribution < -0.4 is 5.32 Å². The van der Waals surface area contributed by atoms with Crippen LogP contribution in [0.2, 0.25) is 0 Å². The molecule has 19 heavy (non-hydrogen) atoms. The first-order chi connectivity index (χ1) is 9.22. The minimum Gasteiger partial charge on any atom is -0.379 e. The van der Waals surface area contributed by atoms with Crippen LogP contribution in [0.3, 0.4) is 0 Å². The summed E-state index contributed by atoms with van der Waals surface area (Å²) >= 11 is 0. The van der Waals surface area contributed by atoms with Gasteiger partial charge in [-0.3, -0.25) is 9.58 Å². The first-order valence-electron chi connectivity index (χ1n) is 7.26. The van der Waals surface area contributed by atoms with Crippen LogP contribution in [0.5, 0.6) is 0 Å². The Morgan fingerprint density at radius 1 is 1.21 bits per heavy atom. The highest BCUT2D eigenvalue weighted by Gasteiger charge is 2.13. The standard InChI is InChI=1S/C14H26N4O/c1-4-15-11-14-12(2)16-18(13(14)3)6-5-17-7-9-19-10-8-17/h15H,4-11H2,1-3H3. The quantitative estimate of drug-likeness (QED) is 0.832. The van der Waals surface area contributed by atoms with Gasteiger partial charge in [0, 0.05) is 37.4 Å². The first kappa shape index (κ1) is 14.5. The van der Waals surface area contributed by atoms with Crippen molar-refractivity contribution in [2.75, 3.05) is 39.4 Å². The van der Waals surface area contributed by atoms with Gasteiger partial charge in [0.25, 0.3) is 0 Å². The molecule has 0 aromatic carbocycles. The van der Waals surface area contributed by atoms with Crippen LogP contribution in [0, 0.1) is 13.8 Å². The molecular weight excluding hydrogens is 240 g/mol. The highest BCUT2D eigenvalue weighted by molar-refractivity contribution is 5.24. The summed E-state index contributed by atoms with van der Waals surface area (Å²) in [6.07, 6.45) is 0. The molecule has 1 aliphatic heterocycles. The zero-order valence-corrected chi connectivity index (χ0v) is 12.4. The molecule has 5 heteroatoms. The van der Waals surface area contributed by atoms with Crippen molar-refractivity contribution in [2.24, 2.45) is 0 Å². The summed E-state index contributed by atoms with van der Waals surface area (Å²) in [5.41, 5.74) is 3.80.